The fourth-order valence-electron chi connectivity index (χ4n) is 3.11. The van der Waals surface area contributed by atoms with Crippen molar-refractivity contribution in [1.29, 1.82) is 0 Å². The maximum Gasteiger partial charge on any atom is 0.256 e. The maximum atomic E-state index is 12.4. The summed E-state index contributed by atoms with van der Waals surface area (Å²) in [5.41, 5.74) is -0.284. The van der Waals surface area contributed by atoms with E-state index in [1.165, 1.54) is 11.5 Å². The number of amides is 2. The van der Waals surface area contributed by atoms with Gasteiger partial charge in [0.05, 0.1) is 23.3 Å². The number of likely N-dealkylation sites (tertiary alicyclic amines) is 1. The van der Waals surface area contributed by atoms with E-state index in [1.54, 1.807) is 16.5 Å². The molecule has 0 radical (unpaired) electrons. The van der Waals surface area contributed by atoms with Gasteiger partial charge in [0.25, 0.3) is 5.91 Å². The monoisotopic (exact) mass is 295 g/mol. The standard InChI is InChI=1S/C13H17N3O3S/c17-10-2-5-16(11(18)9-6-15-20-7-9)8-13(10)3-1-4-14-12(13)19/h6-7,10,17H,1-5,8H2,(H,14,19)/t10-,13-/m1/s1. The molecule has 2 aliphatic heterocycles. The fourth-order valence-corrected chi connectivity index (χ4v) is 3.62. The molecule has 0 saturated carbocycles. The molecule has 1 aromatic rings. The van der Waals surface area contributed by atoms with Gasteiger partial charge < -0.3 is 15.3 Å². The zero-order valence-corrected chi connectivity index (χ0v) is 11.9. The van der Waals surface area contributed by atoms with E-state index in [0.29, 0.717) is 31.5 Å². The zero-order valence-electron chi connectivity index (χ0n) is 11.0. The topological polar surface area (TPSA) is 82.5 Å². The summed E-state index contributed by atoms with van der Waals surface area (Å²) in [4.78, 5) is 26.3. The Labute approximate surface area is 120 Å². The molecule has 2 aliphatic rings. The molecule has 2 atom stereocenters. The Hall–Kier alpha value is -1.47. The van der Waals surface area contributed by atoms with Crippen molar-refractivity contribution in [3.63, 3.8) is 0 Å². The molecule has 108 valence electrons. The first-order valence-corrected chi connectivity index (χ1v) is 7.62. The number of hydrogen-bond acceptors (Lipinski definition) is 5. The van der Waals surface area contributed by atoms with E-state index >= 15 is 0 Å². The Balaban J connectivity index is 1.82. The third-order valence-electron chi connectivity index (χ3n) is 4.29. The Kier molecular flexibility index (Phi) is 3.47. The van der Waals surface area contributed by atoms with Crippen LogP contribution in [-0.2, 0) is 4.79 Å². The number of aliphatic hydroxyl groups excluding tert-OH is 1. The van der Waals surface area contributed by atoms with Crippen molar-refractivity contribution >= 4 is 23.3 Å². The highest BCUT2D eigenvalue weighted by atomic mass is 32.1. The van der Waals surface area contributed by atoms with Crippen LogP contribution in [0.5, 0.6) is 0 Å². The predicted molar refractivity (Wildman–Crippen MR) is 73.3 cm³/mol. The second-order valence-corrected chi connectivity index (χ2v) is 6.12. The summed E-state index contributed by atoms with van der Waals surface area (Å²) in [5, 5.41) is 14.8. The van der Waals surface area contributed by atoms with Crippen LogP contribution in [0.15, 0.2) is 11.6 Å². The Morgan fingerprint density at radius 1 is 1.60 bits per heavy atom. The summed E-state index contributed by atoms with van der Waals surface area (Å²) in [6.07, 6.45) is 2.78. The quantitative estimate of drug-likeness (QED) is 0.778. The number of rotatable bonds is 1. The van der Waals surface area contributed by atoms with Crippen LogP contribution < -0.4 is 5.32 Å². The van der Waals surface area contributed by atoms with Crippen LogP contribution >= 0.6 is 11.5 Å². The van der Waals surface area contributed by atoms with E-state index in [-0.39, 0.29) is 18.4 Å². The number of nitrogens with zero attached hydrogens (tertiary/aromatic N) is 2. The summed E-state index contributed by atoms with van der Waals surface area (Å²) in [6.45, 7) is 1.41. The van der Waals surface area contributed by atoms with Crippen molar-refractivity contribution in [2.45, 2.75) is 25.4 Å². The van der Waals surface area contributed by atoms with E-state index in [2.05, 4.69) is 9.69 Å². The van der Waals surface area contributed by atoms with Gasteiger partial charge in [-0.1, -0.05) is 0 Å². The molecule has 7 heteroatoms. The summed E-state index contributed by atoms with van der Waals surface area (Å²) in [7, 11) is 0. The normalized spacial score (nSPS) is 30.4. The number of nitrogens with one attached hydrogen (secondary N) is 1. The molecule has 6 nitrogen and oxygen atoms in total. The highest BCUT2D eigenvalue weighted by Crippen LogP contribution is 2.37. The van der Waals surface area contributed by atoms with Crippen LogP contribution in [0.2, 0.25) is 0 Å². The average molecular weight is 295 g/mol. The smallest absolute Gasteiger partial charge is 0.256 e. The highest BCUT2D eigenvalue weighted by molar-refractivity contribution is 7.03. The number of carbonyl (C=O) groups excluding carboxylic acids is 2. The van der Waals surface area contributed by atoms with Gasteiger partial charge in [0, 0.05) is 25.0 Å². The highest BCUT2D eigenvalue weighted by Gasteiger charge is 2.50. The van der Waals surface area contributed by atoms with Crippen LogP contribution in [0.4, 0.5) is 0 Å². The molecular weight excluding hydrogens is 278 g/mol. The van der Waals surface area contributed by atoms with Crippen molar-refractivity contribution in [2.75, 3.05) is 19.6 Å². The molecule has 1 spiro atoms. The number of hydrogen-bond donors (Lipinski definition) is 2. The van der Waals surface area contributed by atoms with Crippen molar-refractivity contribution < 1.29 is 14.7 Å². The van der Waals surface area contributed by atoms with Crippen LogP contribution in [0.3, 0.4) is 0 Å². The molecule has 0 aromatic carbocycles. The fraction of sp³-hybridized carbons (Fsp3) is 0.615. The van der Waals surface area contributed by atoms with E-state index in [9.17, 15) is 14.7 Å². The molecular formula is C13H17N3O3S. The zero-order chi connectivity index (χ0) is 14.2. The van der Waals surface area contributed by atoms with Gasteiger partial charge in [-0.15, -0.1) is 0 Å². The molecule has 2 amide bonds. The first-order chi connectivity index (χ1) is 9.63. The van der Waals surface area contributed by atoms with Crippen LogP contribution in [0.25, 0.3) is 0 Å². The van der Waals surface area contributed by atoms with E-state index in [1.807, 2.05) is 0 Å². The van der Waals surface area contributed by atoms with Gasteiger partial charge in [-0.25, -0.2) is 4.37 Å². The van der Waals surface area contributed by atoms with Gasteiger partial charge >= 0.3 is 0 Å². The third kappa shape index (κ3) is 2.10. The van der Waals surface area contributed by atoms with Crippen LogP contribution in [0.1, 0.15) is 29.6 Å². The second kappa shape index (κ2) is 5.14. The van der Waals surface area contributed by atoms with Gasteiger partial charge in [0.15, 0.2) is 0 Å². The number of carbonyl (C=O) groups is 2. The molecule has 2 saturated heterocycles. The van der Waals surface area contributed by atoms with Gasteiger partial charge in [-0.05, 0) is 30.8 Å². The SMILES string of the molecule is O=C(c1cnsc1)N1CC[C@@H](O)[C@@]2(CCCNC2=O)C1. The molecule has 3 heterocycles. The van der Waals surface area contributed by atoms with E-state index in [4.69, 9.17) is 0 Å². The molecule has 0 unspecified atom stereocenters. The van der Waals surface area contributed by atoms with Gasteiger partial charge in [0.1, 0.15) is 0 Å². The van der Waals surface area contributed by atoms with Crippen LogP contribution in [-0.4, -0.2) is 51.9 Å². The van der Waals surface area contributed by atoms with Gasteiger partial charge in [-0.3, -0.25) is 9.59 Å². The van der Waals surface area contributed by atoms with E-state index in [0.717, 1.165) is 6.42 Å². The van der Waals surface area contributed by atoms with E-state index < -0.39 is 11.5 Å². The summed E-state index contributed by atoms with van der Waals surface area (Å²) in [6, 6.07) is 0. The van der Waals surface area contributed by atoms with Crippen LogP contribution in [0, 0.1) is 5.41 Å². The molecule has 3 rings (SSSR count). The maximum absolute atomic E-state index is 12.4. The molecule has 2 fully saturated rings. The summed E-state index contributed by atoms with van der Waals surface area (Å²) >= 11 is 1.23. The Morgan fingerprint density at radius 2 is 2.45 bits per heavy atom. The third-order valence-corrected chi connectivity index (χ3v) is 4.87. The van der Waals surface area contributed by atoms with Gasteiger partial charge in [-0.2, -0.15) is 0 Å². The van der Waals surface area contributed by atoms with Crippen molar-refractivity contribution in [1.82, 2.24) is 14.6 Å². The molecule has 0 bridgehead atoms. The molecule has 20 heavy (non-hydrogen) atoms. The van der Waals surface area contributed by atoms with Crippen molar-refractivity contribution in [3.05, 3.63) is 17.1 Å². The Bertz CT molecular complexity index is 519. The minimum atomic E-state index is -0.838. The Morgan fingerprint density at radius 3 is 3.15 bits per heavy atom. The minimum Gasteiger partial charge on any atom is -0.392 e. The lowest BCUT2D eigenvalue weighted by atomic mass is 9.71. The second-order valence-electron chi connectivity index (χ2n) is 5.46. The minimum absolute atomic E-state index is 0.108. The summed E-state index contributed by atoms with van der Waals surface area (Å²) < 4.78 is 3.94. The van der Waals surface area contributed by atoms with Crippen molar-refractivity contribution in [3.8, 4) is 0 Å². The number of aliphatic hydroxyl groups is 1. The van der Waals surface area contributed by atoms with Gasteiger partial charge in [0.2, 0.25) is 5.91 Å². The first kappa shape index (κ1) is 13.5. The molecule has 1 aromatic heterocycles. The summed E-state index contributed by atoms with van der Waals surface area (Å²) in [5.74, 6) is -0.236. The van der Waals surface area contributed by atoms with Crippen molar-refractivity contribution in [2.24, 2.45) is 5.41 Å². The molecule has 0 aliphatic carbocycles. The number of piperidine rings is 2. The average Bonchev–Trinajstić information content (AvgIpc) is 2.98. The lowest BCUT2D eigenvalue weighted by molar-refractivity contribution is -0.147. The molecule has 2 N–H and O–H groups in total. The predicted octanol–water partition coefficient (Wildman–Crippen LogP) is 0.246. The number of aromatic nitrogens is 1. The lowest BCUT2D eigenvalue weighted by Gasteiger charge is -2.46. The lowest BCUT2D eigenvalue weighted by Crippen LogP contribution is -2.62. The first-order valence-electron chi connectivity index (χ1n) is 6.78. The largest absolute Gasteiger partial charge is 0.392 e.